The van der Waals surface area contributed by atoms with E-state index in [0.717, 1.165) is 0 Å². The zero-order valence-corrected chi connectivity index (χ0v) is 18.9. The molecule has 0 spiro atoms. The minimum atomic E-state index is 1.19. The molecule has 32 heavy (non-hydrogen) atoms. The van der Waals surface area contributed by atoms with Crippen LogP contribution in [0, 0.1) is 0 Å². The van der Waals surface area contributed by atoms with Crippen molar-refractivity contribution in [2.24, 2.45) is 0 Å². The molecular formula is C32H30. The predicted octanol–water partition coefficient (Wildman–Crippen LogP) is 9.44. The molecule has 0 aromatic heterocycles. The van der Waals surface area contributed by atoms with E-state index in [-0.39, 0.29) is 0 Å². The van der Waals surface area contributed by atoms with Crippen molar-refractivity contribution in [1.82, 2.24) is 0 Å². The summed E-state index contributed by atoms with van der Waals surface area (Å²) < 4.78 is 0. The molecule has 0 saturated carbocycles. The van der Waals surface area contributed by atoms with Crippen LogP contribution >= 0.6 is 0 Å². The minimum Gasteiger partial charge on any atom is -0.0654 e. The molecule has 0 heterocycles. The fourth-order valence-electron chi connectivity index (χ4n) is 4.58. The van der Waals surface area contributed by atoms with Crippen molar-refractivity contribution in [1.29, 1.82) is 0 Å². The molecular weight excluding hydrogens is 384 g/mol. The van der Waals surface area contributed by atoms with Crippen LogP contribution in [0.25, 0.3) is 44.5 Å². The van der Waals surface area contributed by atoms with Crippen molar-refractivity contribution in [3.63, 3.8) is 0 Å². The van der Waals surface area contributed by atoms with Crippen molar-refractivity contribution < 1.29 is 0 Å². The third-order valence-corrected chi connectivity index (χ3v) is 6.44. The lowest BCUT2D eigenvalue weighted by Crippen LogP contribution is -1.87. The average molecular weight is 415 g/mol. The van der Waals surface area contributed by atoms with Crippen LogP contribution in [0.1, 0.15) is 49.3 Å². The predicted molar refractivity (Wildman–Crippen MR) is 142 cm³/mol. The number of benzene rings is 5. The molecule has 0 bridgehead atoms. The lowest BCUT2D eigenvalue weighted by Gasteiger charge is -2.07. The number of fused-ring (bicyclic) bond motifs is 3. The molecule has 0 radical (unpaired) electrons. The van der Waals surface area contributed by atoms with E-state index in [1.807, 2.05) is 0 Å². The van der Waals surface area contributed by atoms with Crippen molar-refractivity contribution >= 4 is 44.5 Å². The molecule has 5 rings (SSSR count). The van der Waals surface area contributed by atoms with Gasteiger partial charge in [-0.2, -0.15) is 0 Å². The second kappa shape index (κ2) is 9.40. The van der Waals surface area contributed by atoms with E-state index in [1.165, 1.54) is 81.1 Å². The third-order valence-electron chi connectivity index (χ3n) is 6.44. The second-order valence-corrected chi connectivity index (χ2v) is 8.89. The van der Waals surface area contributed by atoms with Crippen LogP contribution in [-0.4, -0.2) is 0 Å². The van der Waals surface area contributed by atoms with E-state index < -0.39 is 0 Å². The summed E-state index contributed by atoms with van der Waals surface area (Å²) in [5, 5.41) is 7.85. The highest BCUT2D eigenvalue weighted by atomic mass is 14.1. The van der Waals surface area contributed by atoms with Gasteiger partial charge < -0.3 is 0 Å². The van der Waals surface area contributed by atoms with Crippen molar-refractivity contribution in [2.45, 2.75) is 39.0 Å². The Morgan fingerprint density at radius 2 is 1.09 bits per heavy atom. The largest absolute Gasteiger partial charge is 0.0654 e. The van der Waals surface area contributed by atoms with Crippen LogP contribution in [0.15, 0.2) is 91.0 Å². The third kappa shape index (κ3) is 4.60. The molecule has 0 aliphatic rings. The van der Waals surface area contributed by atoms with Crippen molar-refractivity contribution in [3.05, 3.63) is 108 Å². The van der Waals surface area contributed by atoms with Gasteiger partial charge in [-0.15, -0.1) is 0 Å². The van der Waals surface area contributed by atoms with E-state index in [1.54, 1.807) is 0 Å². The van der Waals surface area contributed by atoms with E-state index in [0.29, 0.717) is 0 Å². The molecule has 0 atom stereocenters. The summed E-state index contributed by atoms with van der Waals surface area (Å²) in [6.45, 7) is 2.27. The van der Waals surface area contributed by atoms with E-state index in [9.17, 15) is 0 Å². The summed E-state index contributed by atoms with van der Waals surface area (Å²) in [5.74, 6) is 0. The van der Waals surface area contributed by atoms with Gasteiger partial charge in [0.1, 0.15) is 0 Å². The van der Waals surface area contributed by atoms with Crippen LogP contribution in [0.5, 0.6) is 0 Å². The monoisotopic (exact) mass is 414 g/mol. The molecule has 0 nitrogen and oxygen atoms in total. The SMILES string of the molecule is CCCCCCc1ccc2cc3cc(C=Cc4ccc5ccccc5c4)ccc3cc2c1. The van der Waals surface area contributed by atoms with Gasteiger partial charge in [-0.25, -0.2) is 0 Å². The second-order valence-electron chi connectivity index (χ2n) is 8.89. The molecule has 0 aliphatic carbocycles. The molecule has 0 aliphatic heterocycles. The molecule has 5 aromatic carbocycles. The maximum Gasteiger partial charge on any atom is -0.0172 e. The van der Waals surface area contributed by atoms with Crippen LogP contribution in [0.4, 0.5) is 0 Å². The molecule has 5 aromatic rings. The summed E-state index contributed by atoms with van der Waals surface area (Å²) in [6.07, 6.45) is 10.9. The molecule has 0 saturated heterocycles. The Kier molecular flexibility index (Phi) is 6.03. The summed E-state index contributed by atoms with van der Waals surface area (Å²) in [6, 6.07) is 33.6. The highest BCUT2D eigenvalue weighted by Gasteiger charge is 2.02. The van der Waals surface area contributed by atoms with Crippen LogP contribution < -0.4 is 0 Å². The highest BCUT2D eigenvalue weighted by molar-refractivity contribution is 5.99. The maximum absolute atomic E-state index is 2.38. The van der Waals surface area contributed by atoms with Gasteiger partial charge in [0.2, 0.25) is 0 Å². The quantitative estimate of drug-likeness (QED) is 0.141. The Morgan fingerprint density at radius 3 is 1.84 bits per heavy atom. The van der Waals surface area contributed by atoms with Crippen molar-refractivity contribution in [2.75, 3.05) is 0 Å². The maximum atomic E-state index is 2.38. The van der Waals surface area contributed by atoms with Crippen LogP contribution in [0.2, 0.25) is 0 Å². The first kappa shape index (κ1) is 20.5. The van der Waals surface area contributed by atoms with Gasteiger partial charge in [-0.1, -0.05) is 105 Å². The molecule has 0 fully saturated rings. The van der Waals surface area contributed by atoms with E-state index in [4.69, 9.17) is 0 Å². The van der Waals surface area contributed by atoms with E-state index >= 15 is 0 Å². The van der Waals surface area contributed by atoms with Gasteiger partial charge in [0.25, 0.3) is 0 Å². The first-order valence-corrected chi connectivity index (χ1v) is 11.9. The number of unbranched alkanes of at least 4 members (excludes halogenated alkanes) is 3. The molecule has 0 heteroatoms. The minimum absolute atomic E-state index is 1.19. The Morgan fingerprint density at radius 1 is 0.500 bits per heavy atom. The summed E-state index contributed by atoms with van der Waals surface area (Å²) >= 11 is 0. The Balaban J connectivity index is 1.38. The Labute approximate surface area is 191 Å². The number of rotatable bonds is 7. The summed E-state index contributed by atoms with van der Waals surface area (Å²) in [4.78, 5) is 0. The Hall–Kier alpha value is -3.38. The van der Waals surface area contributed by atoms with Gasteiger partial charge in [0.15, 0.2) is 0 Å². The smallest absolute Gasteiger partial charge is 0.0172 e. The van der Waals surface area contributed by atoms with Gasteiger partial charge in [0.05, 0.1) is 0 Å². The topological polar surface area (TPSA) is 0 Å². The zero-order valence-electron chi connectivity index (χ0n) is 18.9. The summed E-state index contributed by atoms with van der Waals surface area (Å²) in [5.41, 5.74) is 3.93. The molecule has 158 valence electrons. The standard InChI is InChI=1S/C32H30/c1-2-3-4-5-8-24-14-17-29-23-32-21-26(15-18-30(32)22-31(29)20-24)12-11-25-13-16-27-9-6-7-10-28(27)19-25/h6-7,9-23H,2-5,8H2,1H3. The molecule has 0 unspecified atom stereocenters. The van der Waals surface area contributed by atoms with Crippen molar-refractivity contribution in [3.8, 4) is 0 Å². The first-order chi connectivity index (χ1) is 15.8. The lowest BCUT2D eigenvalue weighted by molar-refractivity contribution is 0.667. The van der Waals surface area contributed by atoms with E-state index in [2.05, 4.69) is 110 Å². The lowest BCUT2D eigenvalue weighted by atomic mass is 9.98. The average Bonchev–Trinajstić information content (AvgIpc) is 2.84. The number of hydrogen-bond acceptors (Lipinski definition) is 0. The molecule has 0 N–H and O–H groups in total. The van der Waals surface area contributed by atoms with Crippen LogP contribution in [-0.2, 0) is 6.42 Å². The Bertz CT molecular complexity index is 1400. The van der Waals surface area contributed by atoms with Gasteiger partial charge in [0, 0.05) is 0 Å². The normalized spacial score (nSPS) is 11.8. The molecule has 0 amide bonds. The fourth-order valence-corrected chi connectivity index (χ4v) is 4.58. The highest BCUT2D eigenvalue weighted by Crippen LogP contribution is 2.26. The first-order valence-electron chi connectivity index (χ1n) is 11.9. The van der Waals surface area contributed by atoms with Gasteiger partial charge in [-0.05, 0) is 86.1 Å². The number of hydrogen-bond donors (Lipinski definition) is 0. The zero-order chi connectivity index (χ0) is 21.8. The fraction of sp³-hybridized carbons (Fsp3) is 0.188. The van der Waals surface area contributed by atoms with Crippen LogP contribution in [0.3, 0.4) is 0 Å². The number of aryl methyl sites for hydroxylation is 1. The van der Waals surface area contributed by atoms with Gasteiger partial charge >= 0.3 is 0 Å². The summed E-state index contributed by atoms with van der Waals surface area (Å²) in [7, 11) is 0. The van der Waals surface area contributed by atoms with Gasteiger partial charge in [-0.3, -0.25) is 0 Å².